The number of hydrogen-bond acceptors (Lipinski definition) is 4. The van der Waals surface area contributed by atoms with E-state index in [2.05, 4.69) is 12.2 Å². The number of halogens is 1. The summed E-state index contributed by atoms with van der Waals surface area (Å²) in [4.78, 5) is 14.1. The first-order valence-electron chi connectivity index (χ1n) is 5.85. The van der Waals surface area contributed by atoms with Crippen LogP contribution in [0.5, 0.6) is 0 Å². The van der Waals surface area contributed by atoms with Crippen molar-refractivity contribution < 1.29 is 9.53 Å². The number of ether oxygens (including phenoxy) is 1. The molecule has 2 rings (SSSR count). The minimum Gasteiger partial charge on any atom is -0.379 e. The van der Waals surface area contributed by atoms with E-state index < -0.39 is 0 Å². The molecule has 0 aromatic rings. The van der Waals surface area contributed by atoms with Gasteiger partial charge in [-0.15, -0.1) is 24.2 Å². The number of rotatable bonds is 2. The van der Waals surface area contributed by atoms with Gasteiger partial charge in [0.15, 0.2) is 0 Å². The Balaban J connectivity index is 0.00000144. The van der Waals surface area contributed by atoms with Crippen LogP contribution in [0.3, 0.4) is 0 Å². The van der Waals surface area contributed by atoms with Gasteiger partial charge in [-0.25, -0.2) is 0 Å². The number of piperidine rings is 1. The quantitative estimate of drug-likeness (QED) is 0.818. The molecule has 0 saturated carbocycles. The first-order chi connectivity index (χ1) is 7.72. The summed E-state index contributed by atoms with van der Waals surface area (Å²) in [7, 11) is 1.73. The van der Waals surface area contributed by atoms with Gasteiger partial charge in [0, 0.05) is 31.8 Å². The lowest BCUT2D eigenvalue weighted by atomic mass is 9.95. The molecule has 2 fully saturated rings. The van der Waals surface area contributed by atoms with E-state index in [-0.39, 0.29) is 30.5 Å². The molecule has 2 heterocycles. The maximum Gasteiger partial charge on any atom is 0.240 e. The first-order valence-corrected chi connectivity index (χ1v) is 7.00. The monoisotopic (exact) mass is 280 g/mol. The summed E-state index contributed by atoms with van der Waals surface area (Å²) in [6, 6.07) is 0.0240. The number of methoxy groups -OCH3 is 1. The molecule has 3 unspecified atom stereocenters. The zero-order valence-corrected chi connectivity index (χ0v) is 12.0. The zero-order valence-electron chi connectivity index (χ0n) is 10.3. The summed E-state index contributed by atoms with van der Waals surface area (Å²) in [6.45, 7) is 3.82. The maximum absolute atomic E-state index is 12.2. The fraction of sp³-hybridized carbons (Fsp3) is 0.909. The van der Waals surface area contributed by atoms with E-state index in [4.69, 9.17) is 4.74 Å². The van der Waals surface area contributed by atoms with Gasteiger partial charge in [0.25, 0.3) is 0 Å². The zero-order chi connectivity index (χ0) is 11.5. The second-order valence-corrected chi connectivity index (χ2v) is 5.63. The average Bonchev–Trinajstić information content (AvgIpc) is 2.82. The number of thioether (sulfide) groups is 1. The summed E-state index contributed by atoms with van der Waals surface area (Å²) < 4.78 is 5.43. The number of amides is 1. The lowest BCUT2D eigenvalue weighted by Crippen LogP contribution is -2.52. The molecule has 0 aliphatic carbocycles. The molecule has 1 amide bonds. The van der Waals surface area contributed by atoms with Gasteiger partial charge in [0.05, 0.1) is 12.1 Å². The smallest absolute Gasteiger partial charge is 0.240 e. The summed E-state index contributed by atoms with van der Waals surface area (Å²) in [5, 5.41) is 3.23. The van der Waals surface area contributed by atoms with Crippen molar-refractivity contribution in [1.29, 1.82) is 0 Å². The van der Waals surface area contributed by atoms with Crippen LogP contribution in [0.1, 0.15) is 13.3 Å². The van der Waals surface area contributed by atoms with Crippen LogP contribution in [0.4, 0.5) is 0 Å². The van der Waals surface area contributed by atoms with Crippen LogP contribution in [0.15, 0.2) is 0 Å². The molecule has 2 saturated heterocycles. The third-order valence-corrected chi connectivity index (χ3v) is 4.46. The number of nitrogens with one attached hydrogen (secondary N) is 1. The van der Waals surface area contributed by atoms with Crippen molar-refractivity contribution in [3.63, 3.8) is 0 Å². The molecule has 4 nitrogen and oxygen atoms in total. The van der Waals surface area contributed by atoms with Crippen LogP contribution in [0.2, 0.25) is 0 Å². The summed E-state index contributed by atoms with van der Waals surface area (Å²) in [5.41, 5.74) is 0. The van der Waals surface area contributed by atoms with Gasteiger partial charge in [-0.2, -0.15) is 0 Å². The van der Waals surface area contributed by atoms with Crippen molar-refractivity contribution in [1.82, 2.24) is 10.2 Å². The van der Waals surface area contributed by atoms with Crippen molar-refractivity contribution in [2.24, 2.45) is 5.92 Å². The number of nitrogens with zero attached hydrogens (tertiary/aromatic N) is 1. The lowest BCUT2D eigenvalue weighted by molar-refractivity contribution is -0.137. The van der Waals surface area contributed by atoms with Gasteiger partial charge in [-0.1, -0.05) is 6.92 Å². The third-order valence-electron chi connectivity index (χ3n) is 3.52. The highest BCUT2D eigenvalue weighted by atomic mass is 35.5. The summed E-state index contributed by atoms with van der Waals surface area (Å²) in [5.74, 6) is 2.61. The highest BCUT2D eigenvalue weighted by Gasteiger charge is 2.33. The molecule has 0 spiro atoms. The van der Waals surface area contributed by atoms with E-state index in [1.807, 2.05) is 4.90 Å². The van der Waals surface area contributed by atoms with Crippen LogP contribution < -0.4 is 5.32 Å². The third kappa shape index (κ3) is 3.50. The fourth-order valence-corrected chi connectivity index (χ4v) is 3.25. The molecule has 2 aliphatic rings. The lowest BCUT2D eigenvalue weighted by Gasteiger charge is -2.37. The van der Waals surface area contributed by atoms with E-state index in [0.29, 0.717) is 5.92 Å². The molecule has 0 aromatic carbocycles. The highest BCUT2D eigenvalue weighted by molar-refractivity contribution is 7.99. The molecule has 0 bridgehead atoms. The molecule has 1 N–H and O–H groups in total. The minimum absolute atomic E-state index is 0. The Hall–Kier alpha value is 0.0300. The SMILES string of the molecule is COC1CN(C(=O)C2CSCN2)CCC1C.Cl. The second kappa shape index (κ2) is 6.83. The maximum atomic E-state index is 12.2. The largest absolute Gasteiger partial charge is 0.379 e. The Labute approximate surface area is 113 Å². The van der Waals surface area contributed by atoms with Gasteiger partial charge in [-0.05, 0) is 12.3 Å². The van der Waals surface area contributed by atoms with Gasteiger partial charge in [0.2, 0.25) is 5.91 Å². The van der Waals surface area contributed by atoms with E-state index in [1.165, 1.54) is 0 Å². The number of carbonyl (C=O) groups is 1. The van der Waals surface area contributed by atoms with Gasteiger partial charge in [0.1, 0.15) is 0 Å². The Bertz CT molecular complexity index is 262. The average molecular weight is 281 g/mol. The highest BCUT2D eigenvalue weighted by Crippen LogP contribution is 2.21. The standard InChI is InChI=1S/C11H20N2O2S.ClH/c1-8-3-4-13(5-10(8)15-2)11(14)9-6-16-7-12-9;/h8-10,12H,3-7H2,1-2H3;1H. The van der Waals surface area contributed by atoms with Gasteiger partial charge < -0.3 is 9.64 Å². The molecular formula is C11H21ClN2O2S. The van der Waals surface area contributed by atoms with E-state index >= 15 is 0 Å². The Morgan fingerprint density at radius 1 is 1.53 bits per heavy atom. The normalized spacial score (nSPS) is 33.3. The predicted molar refractivity (Wildman–Crippen MR) is 72.7 cm³/mol. The van der Waals surface area contributed by atoms with Crippen molar-refractivity contribution in [2.75, 3.05) is 31.8 Å². The molecule has 6 heteroatoms. The Kier molecular flexibility index (Phi) is 6.06. The fourth-order valence-electron chi connectivity index (χ4n) is 2.32. The molecule has 0 radical (unpaired) electrons. The van der Waals surface area contributed by atoms with E-state index in [0.717, 1.165) is 31.1 Å². The van der Waals surface area contributed by atoms with Crippen LogP contribution in [-0.2, 0) is 9.53 Å². The minimum atomic E-state index is 0. The predicted octanol–water partition coefficient (Wildman–Crippen LogP) is 0.954. The summed E-state index contributed by atoms with van der Waals surface area (Å²) >= 11 is 1.79. The number of carbonyl (C=O) groups excluding carboxylic acids is 1. The summed E-state index contributed by atoms with van der Waals surface area (Å²) in [6.07, 6.45) is 1.25. The molecule has 17 heavy (non-hydrogen) atoms. The van der Waals surface area contributed by atoms with Gasteiger partial charge >= 0.3 is 0 Å². The Morgan fingerprint density at radius 2 is 2.29 bits per heavy atom. The molecule has 100 valence electrons. The van der Waals surface area contributed by atoms with E-state index in [1.54, 1.807) is 18.9 Å². The number of hydrogen-bond donors (Lipinski definition) is 1. The molecule has 2 aliphatic heterocycles. The van der Waals surface area contributed by atoms with Crippen LogP contribution >= 0.6 is 24.2 Å². The van der Waals surface area contributed by atoms with Crippen LogP contribution in [0.25, 0.3) is 0 Å². The van der Waals surface area contributed by atoms with Crippen molar-refractivity contribution >= 4 is 30.1 Å². The van der Waals surface area contributed by atoms with Crippen molar-refractivity contribution in [3.05, 3.63) is 0 Å². The second-order valence-electron chi connectivity index (χ2n) is 4.60. The van der Waals surface area contributed by atoms with Crippen LogP contribution in [0, 0.1) is 5.92 Å². The molecule has 3 atom stereocenters. The number of likely N-dealkylation sites (tertiary alicyclic amines) is 1. The van der Waals surface area contributed by atoms with Gasteiger partial charge in [-0.3, -0.25) is 10.1 Å². The van der Waals surface area contributed by atoms with E-state index in [9.17, 15) is 4.79 Å². The van der Waals surface area contributed by atoms with Crippen molar-refractivity contribution in [3.8, 4) is 0 Å². The topological polar surface area (TPSA) is 41.6 Å². The molecular weight excluding hydrogens is 260 g/mol. The van der Waals surface area contributed by atoms with Crippen LogP contribution in [-0.4, -0.2) is 54.8 Å². The van der Waals surface area contributed by atoms with Crippen molar-refractivity contribution in [2.45, 2.75) is 25.5 Å². The Morgan fingerprint density at radius 3 is 2.88 bits per heavy atom. The molecule has 0 aromatic heterocycles. The first kappa shape index (κ1) is 15.1.